The van der Waals surface area contributed by atoms with Crippen LogP contribution >= 0.6 is 0 Å². The quantitative estimate of drug-likeness (QED) is 0.719. The number of aliphatic hydroxyl groups is 1. The molecule has 2 rings (SSSR count). The maximum Gasteiger partial charge on any atom is 0.340 e. The zero-order chi connectivity index (χ0) is 15.1. The SMILES string of the molecule is Cc1[nH]nc(S(=O)(=O)N2CCCC(C)(O)C2)c1C(=O)O. The summed E-state index contributed by atoms with van der Waals surface area (Å²) < 4.78 is 26.0. The molecule has 1 atom stereocenters. The zero-order valence-electron chi connectivity index (χ0n) is 11.3. The molecule has 0 radical (unpaired) electrons. The summed E-state index contributed by atoms with van der Waals surface area (Å²) in [5.74, 6) is -1.35. The first-order valence-electron chi connectivity index (χ1n) is 6.16. The predicted octanol–water partition coefficient (Wildman–Crippen LogP) is -0.0482. The second-order valence-electron chi connectivity index (χ2n) is 5.27. The van der Waals surface area contributed by atoms with Gasteiger partial charge in [-0.15, -0.1) is 0 Å². The lowest BCUT2D eigenvalue weighted by atomic mass is 9.97. The van der Waals surface area contributed by atoms with Gasteiger partial charge >= 0.3 is 5.97 Å². The van der Waals surface area contributed by atoms with Gasteiger partial charge in [0.05, 0.1) is 5.60 Å². The van der Waals surface area contributed by atoms with Crippen molar-refractivity contribution in [1.29, 1.82) is 0 Å². The smallest absolute Gasteiger partial charge is 0.340 e. The maximum atomic E-state index is 12.5. The number of sulfonamides is 1. The Kier molecular flexibility index (Phi) is 3.61. The number of nitrogens with zero attached hydrogens (tertiary/aromatic N) is 2. The molecule has 1 aromatic rings. The van der Waals surface area contributed by atoms with Crippen LogP contribution in [-0.4, -0.2) is 57.8 Å². The van der Waals surface area contributed by atoms with Gasteiger partial charge in [-0.25, -0.2) is 13.2 Å². The van der Waals surface area contributed by atoms with Crippen LogP contribution in [0.3, 0.4) is 0 Å². The van der Waals surface area contributed by atoms with E-state index in [1.54, 1.807) is 6.92 Å². The molecule has 9 heteroatoms. The first kappa shape index (κ1) is 14.9. The lowest BCUT2D eigenvalue weighted by molar-refractivity contribution is 0.00933. The van der Waals surface area contributed by atoms with Crippen molar-refractivity contribution in [3.05, 3.63) is 11.3 Å². The Morgan fingerprint density at radius 2 is 2.15 bits per heavy atom. The van der Waals surface area contributed by atoms with Gasteiger partial charge in [-0.1, -0.05) is 0 Å². The number of aromatic carboxylic acids is 1. The van der Waals surface area contributed by atoms with Crippen molar-refractivity contribution < 1.29 is 23.4 Å². The average molecular weight is 303 g/mol. The third-order valence-corrected chi connectivity index (χ3v) is 5.13. The molecule has 112 valence electrons. The molecule has 1 aliphatic heterocycles. The molecule has 0 amide bonds. The summed E-state index contributed by atoms with van der Waals surface area (Å²) in [5, 5.41) is 24.6. The molecule has 0 saturated carbocycles. The van der Waals surface area contributed by atoms with E-state index in [9.17, 15) is 18.3 Å². The molecule has 20 heavy (non-hydrogen) atoms. The monoisotopic (exact) mass is 303 g/mol. The Hall–Kier alpha value is -1.45. The maximum absolute atomic E-state index is 12.5. The third-order valence-electron chi connectivity index (χ3n) is 3.35. The Morgan fingerprint density at radius 3 is 2.70 bits per heavy atom. The Bertz CT molecular complexity index is 634. The number of aryl methyl sites for hydroxylation is 1. The first-order chi connectivity index (χ1) is 9.15. The van der Waals surface area contributed by atoms with E-state index < -0.39 is 26.6 Å². The van der Waals surface area contributed by atoms with Gasteiger partial charge in [0.25, 0.3) is 10.0 Å². The van der Waals surface area contributed by atoms with Crippen molar-refractivity contribution in [2.75, 3.05) is 13.1 Å². The van der Waals surface area contributed by atoms with Gasteiger partial charge in [-0.05, 0) is 26.7 Å². The fraction of sp³-hybridized carbons (Fsp3) is 0.636. The summed E-state index contributed by atoms with van der Waals surface area (Å²) in [6, 6.07) is 0. The van der Waals surface area contributed by atoms with Gasteiger partial charge in [-0.2, -0.15) is 9.40 Å². The average Bonchev–Trinajstić information content (AvgIpc) is 2.70. The Balaban J connectivity index is 2.43. The first-order valence-corrected chi connectivity index (χ1v) is 7.60. The van der Waals surface area contributed by atoms with Gasteiger partial charge in [0, 0.05) is 18.8 Å². The minimum atomic E-state index is -4.04. The normalized spacial score (nSPS) is 24.8. The number of aromatic nitrogens is 2. The predicted molar refractivity (Wildman–Crippen MR) is 68.9 cm³/mol. The molecule has 1 fully saturated rings. The lowest BCUT2D eigenvalue weighted by Gasteiger charge is -2.35. The number of carboxylic acids is 1. The van der Waals surface area contributed by atoms with Crippen LogP contribution in [-0.2, 0) is 10.0 Å². The van der Waals surface area contributed by atoms with Crippen LogP contribution < -0.4 is 0 Å². The summed E-state index contributed by atoms with van der Waals surface area (Å²) in [4.78, 5) is 11.2. The van der Waals surface area contributed by atoms with E-state index in [1.165, 1.54) is 6.92 Å². The Labute approximate surface area is 116 Å². The topological polar surface area (TPSA) is 124 Å². The number of nitrogens with one attached hydrogen (secondary N) is 1. The highest BCUT2D eigenvalue weighted by Crippen LogP contribution is 2.27. The van der Waals surface area contributed by atoms with E-state index in [-0.39, 0.29) is 24.3 Å². The lowest BCUT2D eigenvalue weighted by Crippen LogP contribution is -2.48. The highest BCUT2D eigenvalue weighted by atomic mass is 32.2. The van der Waals surface area contributed by atoms with Crippen molar-refractivity contribution >= 4 is 16.0 Å². The van der Waals surface area contributed by atoms with Gasteiger partial charge in [0.1, 0.15) is 5.56 Å². The summed E-state index contributed by atoms with van der Waals surface area (Å²) >= 11 is 0. The van der Waals surface area contributed by atoms with Crippen LogP contribution in [0, 0.1) is 6.92 Å². The van der Waals surface area contributed by atoms with Gasteiger partial charge in [-0.3, -0.25) is 5.10 Å². The standard InChI is InChI=1S/C11H17N3O5S/c1-7-8(10(15)16)9(13-12-7)20(18,19)14-5-3-4-11(2,17)6-14/h17H,3-6H2,1-2H3,(H,12,13)(H,15,16). The molecular weight excluding hydrogens is 286 g/mol. The number of carbonyl (C=O) groups is 1. The number of β-amino-alcohol motifs (C(OH)–C–C–N with tert-alkyl or cyclic N) is 1. The highest BCUT2D eigenvalue weighted by Gasteiger charge is 2.39. The molecular formula is C11H17N3O5S. The third kappa shape index (κ3) is 2.56. The van der Waals surface area contributed by atoms with E-state index in [1.807, 2.05) is 0 Å². The molecule has 1 aromatic heterocycles. The van der Waals surface area contributed by atoms with E-state index in [0.29, 0.717) is 12.8 Å². The van der Waals surface area contributed by atoms with Crippen molar-refractivity contribution in [3.63, 3.8) is 0 Å². The molecule has 3 N–H and O–H groups in total. The van der Waals surface area contributed by atoms with Crippen LogP contribution in [0.15, 0.2) is 5.03 Å². The van der Waals surface area contributed by atoms with Crippen molar-refractivity contribution in [1.82, 2.24) is 14.5 Å². The molecule has 1 unspecified atom stereocenters. The zero-order valence-corrected chi connectivity index (χ0v) is 12.1. The second-order valence-corrected chi connectivity index (χ2v) is 7.13. The van der Waals surface area contributed by atoms with Crippen LogP contribution in [0.1, 0.15) is 35.8 Å². The molecule has 2 heterocycles. The van der Waals surface area contributed by atoms with E-state index in [4.69, 9.17) is 5.11 Å². The van der Waals surface area contributed by atoms with Gasteiger partial charge in [0.15, 0.2) is 0 Å². The summed E-state index contributed by atoms with van der Waals surface area (Å²) in [5.41, 5.74) is -1.28. The largest absolute Gasteiger partial charge is 0.478 e. The molecule has 0 spiro atoms. The van der Waals surface area contributed by atoms with E-state index in [0.717, 1.165) is 4.31 Å². The van der Waals surface area contributed by atoms with Crippen LogP contribution in [0.25, 0.3) is 0 Å². The van der Waals surface area contributed by atoms with E-state index >= 15 is 0 Å². The van der Waals surface area contributed by atoms with Crippen molar-refractivity contribution in [3.8, 4) is 0 Å². The van der Waals surface area contributed by atoms with Gasteiger partial charge in [0.2, 0.25) is 5.03 Å². The van der Waals surface area contributed by atoms with Crippen molar-refractivity contribution in [2.24, 2.45) is 0 Å². The van der Waals surface area contributed by atoms with Crippen LogP contribution in [0.4, 0.5) is 0 Å². The number of aromatic amines is 1. The molecule has 0 aliphatic carbocycles. The molecule has 1 saturated heterocycles. The molecule has 8 nitrogen and oxygen atoms in total. The number of hydrogen-bond acceptors (Lipinski definition) is 5. The molecule has 0 aromatic carbocycles. The summed E-state index contributed by atoms with van der Waals surface area (Å²) in [6.07, 6.45) is 1.02. The van der Waals surface area contributed by atoms with Crippen LogP contribution in [0.2, 0.25) is 0 Å². The number of hydrogen-bond donors (Lipinski definition) is 3. The minimum Gasteiger partial charge on any atom is -0.478 e. The Morgan fingerprint density at radius 1 is 1.50 bits per heavy atom. The number of piperidine rings is 1. The molecule has 1 aliphatic rings. The van der Waals surface area contributed by atoms with Gasteiger partial charge < -0.3 is 10.2 Å². The minimum absolute atomic E-state index is 0.0691. The van der Waals surface area contributed by atoms with Crippen LogP contribution in [0.5, 0.6) is 0 Å². The summed E-state index contributed by atoms with van der Waals surface area (Å²) in [7, 11) is -4.04. The fourth-order valence-electron chi connectivity index (χ4n) is 2.35. The van der Waals surface area contributed by atoms with E-state index in [2.05, 4.69) is 10.2 Å². The fourth-order valence-corrected chi connectivity index (χ4v) is 4.07. The highest BCUT2D eigenvalue weighted by molar-refractivity contribution is 7.89. The number of carboxylic acid groups (broad SMARTS) is 1. The number of rotatable bonds is 3. The second kappa shape index (κ2) is 4.83. The van der Waals surface area contributed by atoms with Crippen molar-refractivity contribution in [2.45, 2.75) is 37.3 Å². The number of H-pyrrole nitrogens is 1. The molecule has 0 bridgehead atoms. The summed E-state index contributed by atoms with van der Waals surface area (Å²) in [6.45, 7) is 3.17.